The molecule has 0 spiro atoms. The van der Waals surface area contributed by atoms with E-state index in [1.165, 1.54) is 6.92 Å². The van der Waals surface area contributed by atoms with Crippen molar-refractivity contribution < 1.29 is 14.3 Å². The Morgan fingerprint density at radius 1 is 1.33 bits per heavy atom. The zero-order valence-corrected chi connectivity index (χ0v) is 14.8. The van der Waals surface area contributed by atoms with Crippen molar-refractivity contribution in [1.29, 1.82) is 0 Å². The van der Waals surface area contributed by atoms with E-state index < -0.39 is 0 Å². The van der Waals surface area contributed by atoms with Crippen molar-refractivity contribution in [2.24, 2.45) is 0 Å². The SMILES string of the molecule is CC(=O)c1c(C)nn(CC(=O)N[C@H]2C[C@H]3CO[C@@H](C)CN3C2)c1C. The molecule has 3 heterocycles. The molecule has 1 amide bonds. The number of nitrogens with one attached hydrogen (secondary N) is 1. The number of nitrogens with zero attached hydrogens (tertiary/aromatic N) is 3. The molecule has 2 aliphatic heterocycles. The van der Waals surface area contributed by atoms with Gasteiger partial charge in [-0.1, -0.05) is 0 Å². The molecule has 7 nitrogen and oxygen atoms in total. The fourth-order valence-electron chi connectivity index (χ4n) is 3.91. The van der Waals surface area contributed by atoms with Crippen LogP contribution in [0.2, 0.25) is 0 Å². The van der Waals surface area contributed by atoms with E-state index >= 15 is 0 Å². The van der Waals surface area contributed by atoms with E-state index in [9.17, 15) is 9.59 Å². The van der Waals surface area contributed by atoms with Crippen LogP contribution in [0.15, 0.2) is 0 Å². The van der Waals surface area contributed by atoms with Gasteiger partial charge in [0.25, 0.3) is 0 Å². The van der Waals surface area contributed by atoms with Gasteiger partial charge in [0, 0.05) is 30.9 Å². The highest BCUT2D eigenvalue weighted by Gasteiger charge is 2.36. The number of hydrogen-bond donors (Lipinski definition) is 1. The molecule has 3 atom stereocenters. The molecule has 1 aromatic rings. The predicted octanol–water partition coefficient (Wildman–Crippen LogP) is 0.680. The number of ether oxygens (including phenoxy) is 1. The van der Waals surface area contributed by atoms with E-state index in [0.29, 0.717) is 17.3 Å². The van der Waals surface area contributed by atoms with Crippen LogP contribution in [0.4, 0.5) is 0 Å². The Bertz CT molecular complexity index is 655. The molecule has 2 aliphatic rings. The van der Waals surface area contributed by atoms with Gasteiger partial charge >= 0.3 is 0 Å². The normalized spacial score (nSPS) is 27.1. The van der Waals surface area contributed by atoms with Gasteiger partial charge in [0.2, 0.25) is 5.91 Å². The van der Waals surface area contributed by atoms with Crippen molar-refractivity contribution in [3.05, 3.63) is 17.0 Å². The molecule has 0 radical (unpaired) electrons. The van der Waals surface area contributed by atoms with Crippen LogP contribution >= 0.6 is 0 Å². The largest absolute Gasteiger partial charge is 0.376 e. The molecule has 0 bridgehead atoms. The number of aryl methyl sites for hydroxylation is 1. The summed E-state index contributed by atoms with van der Waals surface area (Å²) < 4.78 is 7.31. The minimum Gasteiger partial charge on any atom is -0.376 e. The summed E-state index contributed by atoms with van der Waals surface area (Å²) in [4.78, 5) is 26.4. The maximum atomic E-state index is 12.4. The summed E-state index contributed by atoms with van der Waals surface area (Å²) >= 11 is 0. The van der Waals surface area contributed by atoms with E-state index in [-0.39, 0.29) is 30.4 Å². The fraction of sp³-hybridized carbons (Fsp3) is 0.706. The molecule has 1 N–H and O–H groups in total. The Balaban J connectivity index is 1.59. The van der Waals surface area contributed by atoms with Crippen LogP contribution in [0.3, 0.4) is 0 Å². The molecule has 7 heteroatoms. The van der Waals surface area contributed by atoms with Gasteiger partial charge in [-0.05, 0) is 34.1 Å². The summed E-state index contributed by atoms with van der Waals surface area (Å²) in [5.41, 5.74) is 2.05. The van der Waals surface area contributed by atoms with E-state index in [1.807, 2.05) is 6.92 Å². The lowest BCUT2D eigenvalue weighted by Gasteiger charge is -2.33. The van der Waals surface area contributed by atoms with E-state index in [4.69, 9.17) is 4.74 Å². The second-order valence-electron chi connectivity index (χ2n) is 7.01. The summed E-state index contributed by atoms with van der Waals surface area (Å²) in [7, 11) is 0. The highest BCUT2D eigenvalue weighted by Crippen LogP contribution is 2.23. The molecule has 0 aliphatic carbocycles. The smallest absolute Gasteiger partial charge is 0.242 e. The first-order valence-corrected chi connectivity index (χ1v) is 8.55. The molecule has 2 fully saturated rings. The molecule has 0 unspecified atom stereocenters. The standard InChI is InChI=1S/C17H26N4O3/c1-10-6-20-7-14(5-15(20)9-24-10)18-16(23)8-21-12(3)17(13(4)22)11(2)19-21/h10,14-15H,5-9H2,1-4H3,(H,18,23)/t10-,14-,15-/m0/s1. The summed E-state index contributed by atoms with van der Waals surface area (Å²) in [6.45, 7) is 9.93. The fourth-order valence-corrected chi connectivity index (χ4v) is 3.91. The number of carbonyl (C=O) groups is 2. The predicted molar refractivity (Wildman–Crippen MR) is 89.0 cm³/mol. The van der Waals surface area contributed by atoms with Crippen LogP contribution in [0.1, 0.15) is 42.0 Å². The van der Waals surface area contributed by atoms with Gasteiger partial charge in [-0.2, -0.15) is 5.10 Å². The lowest BCUT2D eigenvalue weighted by Crippen LogP contribution is -2.45. The topological polar surface area (TPSA) is 76.5 Å². The van der Waals surface area contributed by atoms with Gasteiger partial charge in [-0.3, -0.25) is 19.2 Å². The molecule has 24 heavy (non-hydrogen) atoms. The van der Waals surface area contributed by atoms with Crippen molar-refractivity contribution >= 4 is 11.7 Å². The first kappa shape index (κ1) is 17.1. The molecule has 3 rings (SSSR count). The van der Waals surface area contributed by atoms with Crippen molar-refractivity contribution in [2.75, 3.05) is 19.7 Å². The van der Waals surface area contributed by atoms with E-state index in [1.54, 1.807) is 11.6 Å². The monoisotopic (exact) mass is 334 g/mol. The highest BCUT2D eigenvalue weighted by molar-refractivity contribution is 5.96. The third-order valence-electron chi connectivity index (χ3n) is 4.98. The minimum absolute atomic E-state index is 0.0153. The maximum absolute atomic E-state index is 12.4. The number of Topliss-reactive ketones (excluding diaryl/α,β-unsaturated/α-hetero) is 1. The molecule has 132 valence electrons. The number of carbonyl (C=O) groups excluding carboxylic acids is 2. The van der Waals surface area contributed by atoms with Gasteiger partial charge in [-0.15, -0.1) is 0 Å². The first-order chi connectivity index (χ1) is 11.3. The van der Waals surface area contributed by atoms with Gasteiger partial charge in [0.1, 0.15) is 6.54 Å². The van der Waals surface area contributed by atoms with Crippen molar-refractivity contribution in [2.45, 2.75) is 58.8 Å². The van der Waals surface area contributed by atoms with Crippen molar-refractivity contribution in [3.63, 3.8) is 0 Å². The summed E-state index contributed by atoms with van der Waals surface area (Å²) in [5.74, 6) is -0.0760. The number of amides is 1. The average molecular weight is 334 g/mol. The van der Waals surface area contributed by atoms with Crippen molar-refractivity contribution in [1.82, 2.24) is 20.0 Å². The van der Waals surface area contributed by atoms with Crippen LogP contribution in [0, 0.1) is 13.8 Å². The van der Waals surface area contributed by atoms with Crippen LogP contribution in [0.5, 0.6) is 0 Å². The number of ketones is 1. The Morgan fingerprint density at radius 3 is 2.75 bits per heavy atom. The molecular formula is C17H26N4O3. The molecule has 2 saturated heterocycles. The second-order valence-corrected chi connectivity index (χ2v) is 7.01. The maximum Gasteiger partial charge on any atom is 0.242 e. The Hall–Kier alpha value is -1.73. The van der Waals surface area contributed by atoms with E-state index in [0.717, 1.165) is 31.8 Å². The summed E-state index contributed by atoms with van der Waals surface area (Å²) in [6, 6.07) is 0.560. The van der Waals surface area contributed by atoms with Gasteiger partial charge < -0.3 is 10.1 Å². The highest BCUT2D eigenvalue weighted by atomic mass is 16.5. The second kappa shape index (κ2) is 6.64. The van der Waals surface area contributed by atoms with Gasteiger partial charge in [-0.25, -0.2) is 0 Å². The Morgan fingerprint density at radius 2 is 2.08 bits per heavy atom. The van der Waals surface area contributed by atoms with Crippen LogP contribution < -0.4 is 5.32 Å². The quantitative estimate of drug-likeness (QED) is 0.820. The van der Waals surface area contributed by atoms with Crippen LogP contribution in [-0.2, 0) is 16.1 Å². The molecule has 0 aromatic carbocycles. The third-order valence-corrected chi connectivity index (χ3v) is 4.98. The Kier molecular flexibility index (Phi) is 4.73. The van der Waals surface area contributed by atoms with Crippen LogP contribution in [0.25, 0.3) is 0 Å². The molecule has 1 aromatic heterocycles. The average Bonchev–Trinajstić information content (AvgIpc) is 2.98. The third kappa shape index (κ3) is 3.37. The number of rotatable bonds is 4. The Labute approximate surface area is 142 Å². The summed E-state index contributed by atoms with van der Waals surface area (Å²) in [6.07, 6.45) is 1.18. The lowest BCUT2D eigenvalue weighted by atomic mass is 10.1. The number of hydrogen-bond acceptors (Lipinski definition) is 5. The van der Waals surface area contributed by atoms with E-state index in [2.05, 4.69) is 22.2 Å². The number of aromatic nitrogens is 2. The first-order valence-electron chi connectivity index (χ1n) is 8.55. The zero-order valence-electron chi connectivity index (χ0n) is 14.8. The zero-order chi connectivity index (χ0) is 17.4. The molecule has 0 saturated carbocycles. The van der Waals surface area contributed by atoms with Crippen LogP contribution in [-0.4, -0.2) is 64.3 Å². The molecular weight excluding hydrogens is 308 g/mol. The number of fused-ring (bicyclic) bond motifs is 1. The minimum atomic E-state index is -0.0606. The van der Waals surface area contributed by atoms with Gasteiger partial charge in [0.05, 0.1) is 24.0 Å². The van der Waals surface area contributed by atoms with Gasteiger partial charge in [0.15, 0.2) is 5.78 Å². The number of morpholine rings is 1. The summed E-state index contributed by atoms with van der Waals surface area (Å²) in [5, 5.41) is 7.43. The van der Waals surface area contributed by atoms with Crippen molar-refractivity contribution in [3.8, 4) is 0 Å². The lowest BCUT2D eigenvalue weighted by molar-refractivity contribution is -0.122.